The van der Waals surface area contributed by atoms with Crippen LogP contribution in [0, 0.1) is 11.7 Å². The van der Waals surface area contributed by atoms with Crippen LogP contribution in [0.2, 0.25) is 0 Å². The van der Waals surface area contributed by atoms with E-state index < -0.39 is 5.82 Å². The molecule has 0 bridgehead atoms. The number of nitrogens with zero attached hydrogens (tertiary/aromatic N) is 2. The molecule has 0 saturated carbocycles. The molecule has 0 saturated heterocycles. The summed E-state index contributed by atoms with van der Waals surface area (Å²) in [6, 6.07) is 6.12. The van der Waals surface area contributed by atoms with E-state index in [2.05, 4.69) is 29.4 Å². The summed E-state index contributed by atoms with van der Waals surface area (Å²) >= 11 is 4.48. The Morgan fingerprint density at radius 1 is 1.26 bits per heavy atom. The molecule has 0 fully saturated rings. The van der Waals surface area contributed by atoms with E-state index in [0.29, 0.717) is 5.92 Å². The van der Waals surface area contributed by atoms with Crippen LogP contribution in [-0.2, 0) is 4.79 Å². The van der Waals surface area contributed by atoms with Gasteiger partial charge in [0.25, 0.3) is 0 Å². The number of anilines is 1. The van der Waals surface area contributed by atoms with Gasteiger partial charge in [-0.3, -0.25) is 4.79 Å². The summed E-state index contributed by atoms with van der Waals surface area (Å²) in [5, 5.41) is 10.4. The molecule has 2 rings (SSSR count). The number of thioether (sulfide) groups is 2. The van der Waals surface area contributed by atoms with Crippen molar-refractivity contribution >= 4 is 46.5 Å². The Kier molecular flexibility index (Phi) is 6.86. The number of carbonyl (C=O) groups is 1. The van der Waals surface area contributed by atoms with Gasteiger partial charge in [-0.25, -0.2) is 4.39 Å². The predicted molar refractivity (Wildman–Crippen MR) is 95.8 cm³/mol. The van der Waals surface area contributed by atoms with Gasteiger partial charge in [0.2, 0.25) is 5.91 Å². The van der Waals surface area contributed by atoms with Crippen LogP contribution in [-0.4, -0.2) is 27.1 Å². The smallest absolute Gasteiger partial charge is 0.237 e. The number of rotatable bonds is 7. The fraction of sp³-hybridized carbons (Fsp3) is 0.400. The van der Waals surface area contributed by atoms with Gasteiger partial charge in [-0.05, 0) is 25.0 Å². The molecule has 0 spiro atoms. The molecule has 1 atom stereocenters. The fourth-order valence-corrected chi connectivity index (χ4v) is 4.68. The summed E-state index contributed by atoms with van der Waals surface area (Å²) < 4.78 is 15.2. The maximum atomic E-state index is 13.5. The zero-order valence-electron chi connectivity index (χ0n) is 13.1. The fourth-order valence-electron chi connectivity index (χ4n) is 1.54. The molecule has 0 aliphatic carbocycles. The number of para-hydroxylation sites is 1. The van der Waals surface area contributed by atoms with E-state index in [9.17, 15) is 9.18 Å². The third kappa shape index (κ3) is 5.78. The average Bonchev–Trinajstić information content (AvgIpc) is 2.95. The summed E-state index contributed by atoms with van der Waals surface area (Å²) in [6.07, 6.45) is 0. The lowest BCUT2D eigenvalue weighted by Gasteiger charge is -2.10. The number of halogens is 1. The number of hydrogen-bond donors (Lipinski definition) is 1. The highest BCUT2D eigenvalue weighted by atomic mass is 32.2. The van der Waals surface area contributed by atoms with E-state index in [-0.39, 0.29) is 16.8 Å². The van der Waals surface area contributed by atoms with Gasteiger partial charge in [-0.1, -0.05) is 60.8 Å². The second-order valence-corrected chi connectivity index (χ2v) is 9.10. The summed E-state index contributed by atoms with van der Waals surface area (Å²) in [6.45, 7) is 6.07. The first-order chi connectivity index (χ1) is 11.0. The van der Waals surface area contributed by atoms with E-state index in [4.69, 9.17) is 0 Å². The minimum atomic E-state index is -0.443. The zero-order chi connectivity index (χ0) is 16.8. The molecule has 4 nitrogen and oxygen atoms in total. The third-order valence-electron chi connectivity index (χ3n) is 2.71. The molecule has 2 aromatic rings. The third-order valence-corrected chi connectivity index (χ3v) is 6.37. The van der Waals surface area contributed by atoms with Gasteiger partial charge in [0.05, 0.1) is 10.9 Å². The van der Waals surface area contributed by atoms with Gasteiger partial charge in [0.15, 0.2) is 8.68 Å². The molecule has 1 aromatic carbocycles. The lowest BCUT2D eigenvalue weighted by Crippen LogP contribution is -2.22. The van der Waals surface area contributed by atoms with Crippen molar-refractivity contribution in [1.29, 1.82) is 0 Å². The standard InChI is InChI=1S/C15H18FN3OS3/c1-9(2)8-21-14-18-19-15(23-14)22-10(3)13(20)17-12-7-5-4-6-11(12)16/h4-7,9-10H,8H2,1-3H3,(H,17,20)/t10-/m0/s1. The van der Waals surface area contributed by atoms with Gasteiger partial charge in [-0.15, -0.1) is 10.2 Å². The number of aromatic nitrogens is 2. The Balaban J connectivity index is 1.90. The van der Waals surface area contributed by atoms with Gasteiger partial charge in [0, 0.05) is 5.75 Å². The van der Waals surface area contributed by atoms with Crippen molar-refractivity contribution in [1.82, 2.24) is 10.2 Å². The van der Waals surface area contributed by atoms with Crippen molar-refractivity contribution in [3.8, 4) is 0 Å². The minimum Gasteiger partial charge on any atom is -0.323 e. The van der Waals surface area contributed by atoms with Crippen molar-refractivity contribution < 1.29 is 9.18 Å². The first-order valence-electron chi connectivity index (χ1n) is 7.14. The van der Waals surface area contributed by atoms with Crippen LogP contribution < -0.4 is 5.32 Å². The first kappa shape index (κ1) is 18.2. The maximum Gasteiger partial charge on any atom is 0.237 e. The van der Waals surface area contributed by atoms with Crippen LogP contribution in [0.4, 0.5) is 10.1 Å². The second-order valence-electron chi connectivity index (χ2n) is 5.27. The van der Waals surface area contributed by atoms with Crippen molar-refractivity contribution in [2.45, 2.75) is 34.7 Å². The molecule has 23 heavy (non-hydrogen) atoms. The summed E-state index contributed by atoms with van der Waals surface area (Å²) in [5.41, 5.74) is 0.190. The zero-order valence-corrected chi connectivity index (χ0v) is 15.5. The van der Waals surface area contributed by atoms with E-state index in [0.717, 1.165) is 14.4 Å². The average molecular weight is 372 g/mol. The van der Waals surface area contributed by atoms with Crippen LogP contribution in [0.25, 0.3) is 0 Å². The SMILES string of the molecule is CC(C)CSc1nnc(S[C@@H](C)C(=O)Nc2ccccc2F)s1. The van der Waals surface area contributed by atoms with Crippen LogP contribution in [0.1, 0.15) is 20.8 Å². The molecule has 8 heteroatoms. The van der Waals surface area contributed by atoms with Crippen LogP contribution in [0.5, 0.6) is 0 Å². The van der Waals surface area contributed by atoms with Gasteiger partial charge in [-0.2, -0.15) is 0 Å². The molecule has 1 aromatic heterocycles. The monoisotopic (exact) mass is 371 g/mol. The largest absolute Gasteiger partial charge is 0.323 e. The molecular formula is C15H18FN3OS3. The summed E-state index contributed by atoms with van der Waals surface area (Å²) in [5.74, 6) is 0.876. The molecule has 0 aliphatic heterocycles. The Morgan fingerprint density at radius 3 is 2.65 bits per heavy atom. The van der Waals surface area contributed by atoms with Crippen molar-refractivity contribution in [2.75, 3.05) is 11.1 Å². The Bertz CT molecular complexity index is 663. The quantitative estimate of drug-likeness (QED) is 0.724. The highest BCUT2D eigenvalue weighted by molar-refractivity contribution is 8.03. The topological polar surface area (TPSA) is 54.9 Å². The number of amides is 1. The van der Waals surface area contributed by atoms with E-state index in [1.165, 1.54) is 35.2 Å². The number of nitrogens with one attached hydrogen (secondary N) is 1. The van der Waals surface area contributed by atoms with Gasteiger partial charge >= 0.3 is 0 Å². The highest BCUT2D eigenvalue weighted by Gasteiger charge is 2.18. The van der Waals surface area contributed by atoms with Gasteiger partial charge in [0.1, 0.15) is 5.82 Å². The summed E-state index contributed by atoms with van der Waals surface area (Å²) in [7, 11) is 0. The molecule has 0 unspecified atom stereocenters. The highest BCUT2D eigenvalue weighted by Crippen LogP contribution is 2.32. The van der Waals surface area contributed by atoms with E-state index in [1.807, 2.05) is 0 Å². The minimum absolute atomic E-state index is 0.190. The summed E-state index contributed by atoms with van der Waals surface area (Å²) in [4.78, 5) is 12.1. The van der Waals surface area contributed by atoms with E-state index in [1.54, 1.807) is 30.8 Å². The Hall–Kier alpha value is -1.12. The lowest BCUT2D eigenvalue weighted by molar-refractivity contribution is -0.115. The lowest BCUT2D eigenvalue weighted by atomic mass is 10.3. The molecular weight excluding hydrogens is 353 g/mol. The van der Waals surface area contributed by atoms with E-state index >= 15 is 0 Å². The Labute approximate surface area is 147 Å². The number of hydrogen-bond acceptors (Lipinski definition) is 6. The molecule has 124 valence electrons. The maximum absolute atomic E-state index is 13.5. The van der Waals surface area contributed by atoms with Crippen molar-refractivity contribution in [2.24, 2.45) is 5.92 Å². The number of benzene rings is 1. The normalized spacial score (nSPS) is 12.4. The molecule has 1 N–H and O–H groups in total. The van der Waals surface area contributed by atoms with Crippen molar-refractivity contribution in [3.05, 3.63) is 30.1 Å². The van der Waals surface area contributed by atoms with Crippen LogP contribution in [0.3, 0.4) is 0 Å². The van der Waals surface area contributed by atoms with Crippen LogP contribution >= 0.6 is 34.9 Å². The molecule has 1 amide bonds. The Morgan fingerprint density at radius 2 is 1.96 bits per heavy atom. The van der Waals surface area contributed by atoms with Crippen LogP contribution in [0.15, 0.2) is 32.9 Å². The molecule has 1 heterocycles. The number of carbonyl (C=O) groups excluding carboxylic acids is 1. The first-order valence-corrected chi connectivity index (χ1v) is 9.82. The molecule has 0 radical (unpaired) electrons. The van der Waals surface area contributed by atoms with Gasteiger partial charge < -0.3 is 5.32 Å². The molecule has 0 aliphatic rings. The van der Waals surface area contributed by atoms with Crippen molar-refractivity contribution in [3.63, 3.8) is 0 Å². The predicted octanol–water partition coefficient (Wildman–Crippen LogP) is 4.54. The second kappa shape index (κ2) is 8.65.